The topological polar surface area (TPSA) is 69.9 Å². The van der Waals surface area contributed by atoms with Crippen molar-refractivity contribution in [2.45, 2.75) is 32.8 Å². The van der Waals surface area contributed by atoms with Crippen molar-refractivity contribution in [2.75, 3.05) is 26.4 Å². The smallest absolute Gasteiger partial charge is 0.0745 e. The molecule has 0 radical (unpaired) electrons. The van der Waals surface area contributed by atoms with E-state index in [1.165, 1.54) is 0 Å². The molecule has 0 aliphatic heterocycles. The Bertz CT molecular complexity index is 84.7. The van der Waals surface area contributed by atoms with Crippen molar-refractivity contribution in [2.24, 2.45) is 0 Å². The van der Waals surface area contributed by atoms with Crippen LogP contribution in [-0.4, -0.2) is 47.9 Å². The Morgan fingerprint density at radius 3 is 1.93 bits per heavy atom. The number of hydrogen-bond donors (Lipinski definition) is 3. The average molecular weight is 222 g/mol. The van der Waals surface area contributed by atoms with E-state index in [2.05, 4.69) is 20.1 Å². The molecule has 0 aromatic heterocycles. The molecule has 1 unspecified atom stereocenters. The Kier molecular flexibility index (Phi) is 31.3. The Morgan fingerprint density at radius 2 is 1.67 bits per heavy atom. The normalized spacial score (nSPS) is 10.5. The summed E-state index contributed by atoms with van der Waals surface area (Å²) in [5.74, 6) is 0. The molecule has 0 spiro atoms. The van der Waals surface area contributed by atoms with Gasteiger partial charge < -0.3 is 20.1 Å². The van der Waals surface area contributed by atoms with E-state index in [1.54, 1.807) is 6.92 Å². The molecule has 1 atom stereocenters. The second-order valence-corrected chi connectivity index (χ2v) is 2.72. The Balaban J connectivity index is -0.000000202. The molecule has 0 bridgehead atoms. The predicted molar refractivity (Wildman–Crippen MR) is 62.8 cm³/mol. The van der Waals surface area contributed by atoms with Crippen molar-refractivity contribution in [3.05, 3.63) is 13.2 Å². The maximum atomic E-state index is 8.73. The molecule has 0 rings (SSSR count). The first-order valence-corrected chi connectivity index (χ1v) is 5.16. The molecule has 0 aliphatic carbocycles. The molecule has 94 valence electrons. The zero-order valence-electron chi connectivity index (χ0n) is 9.98. The summed E-state index contributed by atoms with van der Waals surface area (Å²) in [5, 5.41) is 24.0. The highest BCUT2D eigenvalue weighted by molar-refractivity contribution is 4.40. The third kappa shape index (κ3) is 42.1. The molecule has 15 heavy (non-hydrogen) atoms. The van der Waals surface area contributed by atoms with Gasteiger partial charge in [0, 0.05) is 6.61 Å². The molecular formula is C11H26O4. The number of rotatable bonds is 6. The van der Waals surface area contributed by atoms with Gasteiger partial charge in [-0.25, -0.2) is 0 Å². The summed E-state index contributed by atoms with van der Waals surface area (Å²) in [6.07, 6.45) is 1.92. The summed E-state index contributed by atoms with van der Waals surface area (Å²) in [7, 11) is 0. The van der Waals surface area contributed by atoms with Crippen LogP contribution in [0.2, 0.25) is 0 Å². The van der Waals surface area contributed by atoms with Gasteiger partial charge >= 0.3 is 0 Å². The highest BCUT2D eigenvalue weighted by Gasteiger charge is 1.92. The van der Waals surface area contributed by atoms with Crippen LogP contribution in [0.4, 0.5) is 0 Å². The van der Waals surface area contributed by atoms with Crippen LogP contribution in [0.25, 0.3) is 0 Å². The number of ether oxygens (including phenoxy) is 1. The Morgan fingerprint density at radius 1 is 1.20 bits per heavy atom. The molecule has 0 heterocycles. The molecule has 4 heteroatoms. The SMILES string of the molecule is C=C.CCCCOCC(C)O.OCCO. The minimum absolute atomic E-state index is 0.125. The first kappa shape index (κ1) is 20.1. The van der Waals surface area contributed by atoms with Crippen LogP contribution >= 0.6 is 0 Å². The fraction of sp³-hybridized carbons (Fsp3) is 0.818. The second kappa shape index (κ2) is 23.4. The maximum Gasteiger partial charge on any atom is 0.0745 e. The van der Waals surface area contributed by atoms with Crippen LogP contribution in [-0.2, 0) is 4.74 Å². The van der Waals surface area contributed by atoms with Crippen LogP contribution in [0.3, 0.4) is 0 Å². The van der Waals surface area contributed by atoms with Gasteiger partial charge in [0.25, 0.3) is 0 Å². The molecule has 0 aromatic carbocycles. The summed E-state index contributed by atoms with van der Waals surface area (Å²) in [6.45, 7) is 10.8. The standard InChI is InChI=1S/C7H16O2.C2H6O2.C2H4/c1-3-4-5-9-6-7(2)8;3-1-2-4;1-2/h7-8H,3-6H2,1-2H3;3-4H,1-2H2;1-2H2. The average Bonchev–Trinajstić information content (AvgIpc) is 2.27. The molecule has 0 aliphatic rings. The minimum Gasteiger partial charge on any atom is -0.394 e. The van der Waals surface area contributed by atoms with E-state index >= 15 is 0 Å². The summed E-state index contributed by atoms with van der Waals surface area (Å²) in [6, 6.07) is 0. The van der Waals surface area contributed by atoms with Crippen molar-refractivity contribution in [3.8, 4) is 0 Å². The molecule has 4 nitrogen and oxygen atoms in total. The van der Waals surface area contributed by atoms with Crippen molar-refractivity contribution < 1.29 is 20.1 Å². The van der Waals surface area contributed by atoms with Crippen molar-refractivity contribution in [1.82, 2.24) is 0 Å². The molecule has 3 N–H and O–H groups in total. The van der Waals surface area contributed by atoms with Crippen LogP contribution < -0.4 is 0 Å². The molecule has 0 saturated carbocycles. The Hall–Kier alpha value is -0.420. The van der Waals surface area contributed by atoms with E-state index in [-0.39, 0.29) is 19.3 Å². The quantitative estimate of drug-likeness (QED) is 0.462. The molecule has 0 saturated heterocycles. The van der Waals surface area contributed by atoms with Gasteiger partial charge in [0.15, 0.2) is 0 Å². The lowest BCUT2D eigenvalue weighted by Gasteiger charge is -2.03. The first-order chi connectivity index (χ1) is 7.18. The number of hydrogen-bond acceptors (Lipinski definition) is 4. The maximum absolute atomic E-state index is 8.73. The van der Waals surface area contributed by atoms with E-state index in [4.69, 9.17) is 20.1 Å². The van der Waals surface area contributed by atoms with E-state index in [9.17, 15) is 0 Å². The fourth-order valence-corrected chi connectivity index (χ4v) is 0.500. The van der Waals surface area contributed by atoms with E-state index in [0.717, 1.165) is 19.4 Å². The van der Waals surface area contributed by atoms with Gasteiger partial charge in [0.1, 0.15) is 0 Å². The lowest BCUT2D eigenvalue weighted by atomic mass is 10.4. The van der Waals surface area contributed by atoms with Crippen molar-refractivity contribution in [3.63, 3.8) is 0 Å². The van der Waals surface area contributed by atoms with Crippen LogP contribution in [0, 0.1) is 0 Å². The molecule has 0 aromatic rings. The summed E-state index contributed by atoms with van der Waals surface area (Å²) >= 11 is 0. The monoisotopic (exact) mass is 222 g/mol. The zero-order valence-corrected chi connectivity index (χ0v) is 9.98. The molecule has 0 fully saturated rings. The lowest BCUT2D eigenvalue weighted by Crippen LogP contribution is -2.10. The highest BCUT2D eigenvalue weighted by atomic mass is 16.5. The highest BCUT2D eigenvalue weighted by Crippen LogP contribution is 1.89. The van der Waals surface area contributed by atoms with Gasteiger partial charge in [-0.05, 0) is 13.3 Å². The van der Waals surface area contributed by atoms with Gasteiger partial charge in [-0.2, -0.15) is 0 Å². The van der Waals surface area contributed by atoms with Crippen LogP contribution in [0.1, 0.15) is 26.7 Å². The van der Waals surface area contributed by atoms with Gasteiger partial charge in [0.05, 0.1) is 25.9 Å². The largest absolute Gasteiger partial charge is 0.394 e. The zero-order chi connectivity index (χ0) is 12.5. The van der Waals surface area contributed by atoms with E-state index in [1.807, 2.05) is 0 Å². The predicted octanol–water partition coefficient (Wildman–Crippen LogP) is 0.957. The van der Waals surface area contributed by atoms with Crippen molar-refractivity contribution >= 4 is 0 Å². The van der Waals surface area contributed by atoms with Gasteiger partial charge in [-0.1, -0.05) is 13.3 Å². The van der Waals surface area contributed by atoms with Crippen LogP contribution in [0.5, 0.6) is 0 Å². The molecular weight excluding hydrogens is 196 g/mol. The fourth-order valence-electron chi connectivity index (χ4n) is 0.500. The summed E-state index contributed by atoms with van der Waals surface area (Å²) < 4.78 is 5.09. The second-order valence-electron chi connectivity index (χ2n) is 2.72. The Labute approximate surface area is 93.2 Å². The summed E-state index contributed by atoms with van der Waals surface area (Å²) in [4.78, 5) is 0. The number of aliphatic hydroxyl groups excluding tert-OH is 3. The number of unbranched alkanes of at least 4 members (excludes halogenated alkanes) is 1. The van der Waals surface area contributed by atoms with Crippen molar-refractivity contribution in [1.29, 1.82) is 0 Å². The third-order valence-corrected chi connectivity index (χ3v) is 1.10. The van der Waals surface area contributed by atoms with Crippen LogP contribution in [0.15, 0.2) is 13.2 Å². The van der Waals surface area contributed by atoms with Gasteiger partial charge in [0.2, 0.25) is 0 Å². The number of aliphatic hydroxyl groups is 3. The van der Waals surface area contributed by atoms with E-state index in [0.29, 0.717) is 6.61 Å². The summed E-state index contributed by atoms with van der Waals surface area (Å²) in [5.41, 5.74) is 0. The minimum atomic E-state index is -0.318. The lowest BCUT2D eigenvalue weighted by molar-refractivity contribution is 0.0450. The van der Waals surface area contributed by atoms with Gasteiger partial charge in [-0.3, -0.25) is 0 Å². The molecule has 0 amide bonds. The third-order valence-electron chi connectivity index (χ3n) is 1.10. The van der Waals surface area contributed by atoms with Gasteiger partial charge in [-0.15, -0.1) is 13.2 Å². The van der Waals surface area contributed by atoms with E-state index < -0.39 is 0 Å². The first-order valence-electron chi connectivity index (χ1n) is 5.16.